The third-order valence-corrected chi connectivity index (χ3v) is 5.50. The highest BCUT2D eigenvalue weighted by atomic mass is 32.2. The first-order chi connectivity index (χ1) is 9.43. The van der Waals surface area contributed by atoms with Crippen LogP contribution in [0.25, 0.3) is 0 Å². The van der Waals surface area contributed by atoms with Crippen molar-refractivity contribution < 1.29 is 0 Å². The molecule has 0 bridgehead atoms. The van der Waals surface area contributed by atoms with Crippen LogP contribution in [0.1, 0.15) is 84.0 Å². The van der Waals surface area contributed by atoms with Gasteiger partial charge in [0.25, 0.3) is 0 Å². The molecule has 1 atom stereocenters. The van der Waals surface area contributed by atoms with Crippen molar-refractivity contribution in [2.45, 2.75) is 89.2 Å². The monoisotopic (exact) mass is 285 g/mol. The molecule has 0 amide bonds. The van der Waals surface area contributed by atoms with Crippen LogP contribution in [0, 0.1) is 0 Å². The van der Waals surface area contributed by atoms with E-state index in [9.17, 15) is 0 Å². The fourth-order valence-corrected chi connectivity index (χ4v) is 4.04. The fourth-order valence-electron chi connectivity index (χ4n) is 2.81. The quantitative estimate of drug-likeness (QED) is 0.455. The van der Waals surface area contributed by atoms with Crippen LogP contribution in [-0.2, 0) is 0 Å². The third kappa shape index (κ3) is 10.7. The second-order valence-corrected chi connectivity index (χ2v) is 7.43. The molecule has 1 aliphatic rings. The van der Waals surface area contributed by atoms with Crippen LogP contribution in [0.5, 0.6) is 0 Å². The molecule has 1 nitrogen and oxygen atoms in total. The summed E-state index contributed by atoms with van der Waals surface area (Å²) in [7, 11) is 0. The molecule has 1 saturated heterocycles. The molecule has 2 heteroatoms. The van der Waals surface area contributed by atoms with Crippen LogP contribution < -0.4 is 5.32 Å². The highest BCUT2D eigenvalue weighted by Gasteiger charge is 2.14. The molecule has 1 fully saturated rings. The minimum atomic E-state index is 0.920. The third-order valence-electron chi connectivity index (χ3n) is 4.10. The van der Waals surface area contributed by atoms with Crippen molar-refractivity contribution >= 4 is 11.8 Å². The van der Waals surface area contributed by atoms with E-state index in [0.29, 0.717) is 0 Å². The van der Waals surface area contributed by atoms with Gasteiger partial charge in [0.15, 0.2) is 0 Å². The van der Waals surface area contributed by atoms with Gasteiger partial charge in [0.2, 0.25) is 0 Å². The van der Waals surface area contributed by atoms with E-state index < -0.39 is 0 Å². The van der Waals surface area contributed by atoms with Gasteiger partial charge in [-0.3, -0.25) is 0 Å². The van der Waals surface area contributed by atoms with Crippen LogP contribution >= 0.6 is 11.8 Å². The number of hydrogen-bond acceptors (Lipinski definition) is 2. The van der Waals surface area contributed by atoms with Gasteiger partial charge in [-0.1, -0.05) is 64.7 Å². The summed E-state index contributed by atoms with van der Waals surface area (Å²) in [6.45, 7) is 4.79. The first kappa shape index (κ1) is 17.4. The Kier molecular flexibility index (Phi) is 12.2. The van der Waals surface area contributed by atoms with Crippen LogP contribution in [-0.4, -0.2) is 24.1 Å². The van der Waals surface area contributed by atoms with Gasteiger partial charge in [-0.15, -0.1) is 0 Å². The molecule has 1 unspecified atom stereocenters. The van der Waals surface area contributed by atoms with Crippen LogP contribution in [0.4, 0.5) is 0 Å². The molecule has 1 heterocycles. The lowest BCUT2D eigenvalue weighted by molar-refractivity contribution is 0.541. The van der Waals surface area contributed by atoms with Gasteiger partial charge in [0.05, 0.1) is 0 Å². The van der Waals surface area contributed by atoms with E-state index in [-0.39, 0.29) is 0 Å². The van der Waals surface area contributed by atoms with Crippen molar-refractivity contribution in [1.82, 2.24) is 5.32 Å². The van der Waals surface area contributed by atoms with Gasteiger partial charge in [0.1, 0.15) is 0 Å². The summed E-state index contributed by atoms with van der Waals surface area (Å²) in [4.78, 5) is 0. The largest absolute Gasteiger partial charge is 0.316 e. The zero-order valence-corrected chi connectivity index (χ0v) is 13.9. The minimum absolute atomic E-state index is 0.920. The number of rotatable bonds is 13. The maximum Gasteiger partial charge on any atom is 0.0172 e. The molecule has 0 aromatic rings. The molecule has 0 radical (unpaired) electrons. The summed E-state index contributed by atoms with van der Waals surface area (Å²) >= 11 is 2.16. The second kappa shape index (κ2) is 13.3. The zero-order chi connectivity index (χ0) is 13.6. The molecule has 0 spiro atoms. The molecule has 1 N–H and O–H groups in total. The summed E-state index contributed by atoms with van der Waals surface area (Å²) in [6, 6.07) is 0. The maximum atomic E-state index is 3.63. The lowest BCUT2D eigenvalue weighted by atomic mass is 10.1. The van der Waals surface area contributed by atoms with Gasteiger partial charge < -0.3 is 5.32 Å². The zero-order valence-electron chi connectivity index (χ0n) is 13.1. The molecule has 1 aliphatic heterocycles. The van der Waals surface area contributed by atoms with E-state index in [2.05, 4.69) is 24.0 Å². The van der Waals surface area contributed by atoms with E-state index in [1.54, 1.807) is 0 Å². The van der Waals surface area contributed by atoms with Gasteiger partial charge in [-0.25, -0.2) is 0 Å². The second-order valence-electron chi connectivity index (χ2n) is 6.02. The molecular weight excluding hydrogens is 250 g/mol. The van der Waals surface area contributed by atoms with Gasteiger partial charge in [-0.2, -0.15) is 11.8 Å². The smallest absolute Gasteiger partial charge is 0.0172 e. The number of thioether (sulfide) groups is 1. The number of nitrogens with one attached hydrogen (secondary N) is 1. The Morgan fingerprint density at radius 3 is 2.11 bits per heavy atom. The van der Waals surface area contributed by atoms with Crippen molar-refractivity contribution in [3.05, 3.63) is 0 Å². The van der Waals surface area contributed by atoms with E-state index in [0.717, 1.165) is 5.25 Å². The Morgan fingerprint density at radius 2 is 1.53 bits per heavy atom. The molecular formula is C17H35NS. The summed E-state index contributed by atoms with van der Waals surface area (Å²) in [6.07, 6.45) is 17.3. The first-order valence-corrected chi connectivity index (χ1v) is 9.80. The standard InChI is InChI=1S/C17H35NS/c1-2-3-4-5-6-7-8-9-10-11-14-18-16-17-13-12-15-19-17/h17-18H,2-16H2,1H3. The number of hydrogen-bond donors (Lipinski definition) is 1. The highest BCUT2D eigenvalue weighted by molar-refractivity contribution is 8.00. The van der Waals surface area contributed by atoms with E-state index >= 15 is 0 Å². The van der Waals surface area contributed by atoms with E-state index in [4.69, 9.17) is 0 Å². The molecule has 0 saturated carbocycles. The summed E-state index contributed by atoms with van der Waals surface area (Å²) < 4.78 is 0. The predicted octanol–water partition coefficient (Wildman–Crippen LogP) is 5.39. The molecule has 1 rings (SSSR count). The Labute approximate surface area is 125 Å². The summed E-state index contributed by atoms with van der Waals surface area (Å²) in [5.41, 5.74) is 0. The Hall–Kier alpha value is 0.310. The SMILES string of the molecule is CCCCCCCCCCCCNCC1CCCS1. The van der Waals surface area contributed by atoms with Gasteiger partial charge in [-0.05, 0) is 31.6 Å². The van der Waals surface area contributed by atoms with Gasteiger partial charge in [0, 0.05) is 11.8 Å². The van der Waals surface area contributed by atoms with Crippen molar-refractivity contribution in [3.8, 4) is 0 Å². The average molecular weight is 286 g/mol. The Balaban J connectivity index is 1.67. The molecule has 114 valence electrons. The van der Waals surface area contributed by atoms with Crippen molar-refractivity contribution in [2.75, 3.05) is 18.8 Å². The fraction of sp³-hybridized carbons (Fsp3) is 1.00. The normalized spacial score (nSPS) is 19.1. The minimum Gasteiger partial charge on any atom is -0.316 e. The molecule has 0 aromatic heterocycles. The van der Waals surface area contributed by atoms with Crippen LogP contribution in [0.15, 0.2) is 0 Å². The average Bonchev–Trinajstić information content (AvgIpc) is 2.93. The highest BCUT2D eigenvalue weighted by Crippen LogP contribution is 2.25. The molecule has 19 heavy (non-hydrogen) atoms. The van der Waals surface area contributed by atoms with E-state index in [1.165, 1.54) is 95.9 Å². The lowest BCUT2D eigenvalue weighted by Crippen LogP contribution is -2.24. The van der Waals surface area contributed by atoms with Crippen molar-refractivity contribution in [1.29, 1.82) is 0 Å². The van der Waals surface area contributed by atoms with Crippen LogP contribution in [0.2, 0.25) is 0 Å². The lowest BCUT2D eigenvalue weighted by Gasteiger charge is -2.09. The first-order valence-electron chi connectivity index (χ1n) is 8.76. The summed E-state index contributed by atoms with van der Waals surface area (Å²) in [5.74, 6) is 1.39. The predicted molar refractivity (Wildman–Crippen MR) is 90.2 cm³/mol. The topological polar surface area (TPSA) is 12.0 Å². The van der Waals surface area contributed by atoms with Crippen LogP contribution in [0.3, 0.4) is 0 Å². The molecule has 0 aliphatic carbocycles. The Bertz CT molecular complexity index is 178. The van der Waals surface area contributed by atoms with Crippen molar-refractivity contribution in [2.24, 2.45) is 0 Å². The molecule has 0 aromatic carbocycles. The number of unbranched alkanes of at least 4 members (excludes halogenated alkanes) is 9. The Morgan fingerprint density at radius 1 is 0.895 bits per heavy atom. The van der Waals surface area contributed by atoms with Gasteiger partial charge >= 0.3 is 0 Å². The maximum absolute atomic E-state index is 3.63. The van der Waals surface area contributed by atoms with Crippen molar-refractivity contribution in [3.63, 3.8) is 0 Å². The van der Waals surface area contributed by atoms with E-state index in [1.807, 2.05) is 0 Å². The summed E-state index contributed by atoms with van der Waals surface area (Å²) in [5, 5.41) is 4.55.